The molecule has 19 heavy (non-hydrogen) atoms. The molecule has 2 rings (SSSR count). The third-order valence-electron chi connectivity index (χ3n) is 3.39. The Balaban J connectivity index is 2.08. The Morgan fingerprint density at radius 1 is 1.26 bits per heavy atom. The molecule has 0 radical (unpaired) electrons. The molecule has 1 saturated carbocycles. The van der Waals surface area contributed by atoms with Gasteiger partial charge in [0, 0.05) is 12.6 Å². The fourth-order valence-electron chi connectivity index (χ4n) is 2.38. The van der Waals surface area contributed by atoms with Crippen molar-refractivity contribution < 1.29 is 9.84 Å². The molecule has 0 saturated heterocycles. The second-order valence-electron chi connectivity index (χ2n) is 4.78. The highest BCUT2D eigenvalue weighted by molar-refractivity contribution is 5.63. The first-order valence-electron chi connectivity index (χ1n) is 6.82. The Morgan fingerprint density at radius 2 is 1.95 bits per heavy atom. The molecule has 1 aliphatic rings. The number of aliphatic hydroxyl groups is 1. The smallest absolute Gasteiger partial charge is 0.204 e. The molecule has 0 amide bonds. The van der Waals surface area contributed by atoms with E-state index in [-0.39, 0.29) is 6.10 Å². The van der Waals surface area contributed by atoms with Crippen LogP contribution in [0.2, 0.25) is 0 Å². The number of nitrogens with one attached hydrogen (secondary N) is 2. The number of anilines is 2. The average molecular weight is 266 g/mol. The second-order valence-corrected chi connectivity index (χ2v) is 4.78. The number of nitrogens with zero attached hydrogens (tertiary/aromatic N) is 2. The van der Waals surface area contributed by atoms with E-state index in [4.69, 9.17) is 4.74 Å². The summed E-state index contributed by atoms with van der Waals surface area (Å²) in [5.74, 6) is 2.07. The van der Waals surface area contributed by atoms with Crippen molar-refractivity contribution in [2.45, 2.75) is 44.8 Å². The summed E-state index contributed by atoms with van der Waals surface area (Å²) in [5, 5.41) is 16.1. The predicted molar refractivity (Wildman–Crippen MR) is 74.6 cm³/mol. The zero-order chi connectivity index (χ0) is 13.7. The highest BCUT2D eigenvalue weighted by Gasteiger charge is 2.21. The van der Waals surface area contributed by atoms with Crippen LogP contribution in [-0.2, 0) is 0 Å². The van der Waals surface area contributed by atoms with Crippen molar-refractivity contribution in [1.82, 2.24) is 9.97 Å². The number of ether oxygens (including phenoxy) is 1. The van der Waals surface area contributed by atoms with Gasteiger partial charge in [-0.1, -0.05) is 0 Å². The summed E-state index contributed by atoms with van der Waals surface area (Å²) in [4.78, 5) is 8.43. The first-order valence-corrected chi connectivity index (χ1v) is 6.82. The number of aliphatic hydroxyl groups excluding tert-OH is 1. The maximum Gasteiger partial charge on any atom is 0.204 e. The van der Waals surface area contributed by atoms with Crippen molar-refractivity contribution in [2.24, 2.45) is 0 Å². The Hall–Kier alpha value is -1.56. The molecule has 0 atom stereocenters. The van der Waals surface area contributed by atoms with Crippen LogP contribution in [0.1, 0.15) is 32.6 Å². The minimum absolute atomic E-state index is 0.150. The van der Waals surface area contributed by atoms with Crippen LogP contribution in [0.25, 0.3) is 0 Å². The van der Waals surface area contributed by atoms with Crippen LogP contribution < -0.4 is 15.4 Å². The molecule has 0 spiro atoms. The summed E-state index contributed by atoms with van der Waals surface area (Å²) >= 11 is 0. The van der Waals surface area contributed by atoms with Crippen LogP contribution in [0.5, 0.6) is 5.75 Å². The van der Waals surface area contributed by atoms with Gasteiger partial charge < -0.3 is 20.5 Å². The lowest BCUT2D eigenvalue weighted by atomic mass is 9.93. The van der Waals surface area contributed by atoms with Gasteiger partial charge in [0.1, 0.15) is 6.33 Å². The maximum absolute atomic E-state index is 9.52. The van der Waals surface area contributed by atoms with E-state index < -0.39 is 0 Å². The minimum Gasteiger partial charge on any atom is -0.490 e. The summed E-state index contributed by atoms with van der Waals surface area (Å²) in [6.07, 6.45) is 4.95. The molecule has 106 valence electrons. The van der Waals surface area contributed by atoms with Crippen LogP contribution in [0.3, 0.4) is 0 Å². The zero-order valence-corrected chi connectivity index (χ0v) is 11.5. The molecule has 6 nitrogen and oxygen atoms in total. The van der Waals surface area contributed by atoms with Gasteiger partial charge in [-0.05, 0) is 32.6 Å². The van der Waals surface area contributed by atoms with E-state index in [0.717, 1.165) is 38.0 Å². The fourth-order valence-corrected chi connectivity index (χ4v) is 2.38. The van der Waals surface area contributed by atoms with Crippen LogP contribution >= 0.6 is 0 Å². The van der Waals surface area contributed by atoms with Crippen molar-refractivity contribution in [3.63, 3.8) is 0 Å². The molecule has 6 heteroatoms. The summed E-state index contributed by atoms with van der Waals surface area (Å²) in [6, 6.07) is 0.335. The second kappa shape index (κ2) is 6.56. The van der Waals surface area contributed by atoms with E-state index in [1.165, 1.54) is 6.33 Å². The van der Waals surface area contributed by atoms with Gasteiger partial charge in [0.15, 0.2) is 11.6 Å². The van der Waals surface area contributed by atoms with Gasteiger partial charge in [-0.3, -0.25) is 0 Å². The number of hydrogen-bond acceptors (Lipinski definition) is 6. The van der Waals surface area contributed by atoms with Crippen LogP contribution in [0.4, 0.5) is 11.6 Å². The van der Waals surface area contributed by atoms with Crippen molar-refractivity contribution in [1.29, 1.82) is 0 Å². The highest BCUT2D eigenvalue weighted by Crippen LogP contribution is 2.31. The fraction of sp³-hybridized carbons (Fsp3) is 0.692. The Labute approximate surface area is 113 Å². The molecule has 1 aromatic rings. The molecule has 1 aliphatic carbocycles. The minimum atomic E-state index is -0.150. The first kappa shape index (κ1) is 13.9. The van der Waals surface area contributed by atoms with Crippen LogP contribution in [0, 0.1) is 0 Å². The highest BCUT2D eigenvalue weighted by atomic mass is 16.5. The summed E-state index contributed by atoms with van der Waals surface area (Å²) < 4.78 is 5.39. The third kappa shape index (κ3) is 3.47. The van der Waals surface area contributed by atoms with Gasteiger partial charge in [0.2, 0.25) is 5.75 Å². The van der Waals surface area contributed by atoms with Crippen molar-refractivity contribution in [3.05, 3.63) is 6.33 Å². The molecule has 0 aromatic carbocycles. The SMILES string of the molecule is CCNc1ncnc(NC2CCC(O)CC2)c1OC. The zero-order valence-electron chi connectivity index (χ0n) is 11.5. The molecule has 1 heterocycles. The van der Waals surface area contributed by atoms with Gasteiger partial charge in [-0.25, -0.2) is 9.97 Å². The molecule has 1 aromatic heterocycles. The van der Waals surface area contributed by atoms with Crippen LogP contribution in [-0.4, -0.2) is 40.9 Å². The van der Waals surface area contributed by atoms with Gasteiger partial charge in [-0.15, -0.1) is 0 Å². The lowest BCUT2D eigenvalue weighted by Gasteiger charge is -2.27. The van der Waals surface area contributed by atoms with Gasteiger partial charge >= 0.3 is 0 Å². The molecule has 0 unspecified atom stereocenters. The van der Waals surface area contributed by atoms with Crippen molar-refractivity contribution in [3.8, 4) is 5.75 Å². The van der Waals surface area contributed by atoms with Gasteiger partial charge in [-0.2, -0.15) is 0 Å². The molecular formula is C13H22N4O2. The largest absolute Gasteiger partial charge is 0.490 e. The van der Waals surface area contributed by atoms with Crippen molar-refractivity contribution in [2.75, 3.05) is 24.3 Å². The Kier molecular flexibility index (Phi) is 4.79. The van der Waals surface area contributed by atoms with Gasteiger partial charge in [0.25, 0.3) is 0 Å². The molecule has 3 N–H and O–H groups in total. The normalized spacial score (nSPS) is 22.9. The first-order chi connectivity index (χ1) is 9.24. The Morgan fingerprint density at radius 3 is 2.58 bits per heavy atom. The number of rotatable bonds is 5. The summed E-state index contributed by atoms with van der Waals surface area (Å²) in [7, 11) is 1.62. The standard InChI is InChI=1S/C13H22N4O2/c1-3-14-12-11(19-2)13(16-8-15-12)17-9-4-6-10(18)7-5-9/h8-10,18H,3-7H2,1-2H3,(H2,14,15,16,17). The quantitative estimate of drug-likeness (QED) is 0.752. The topological polar surface area (TPSA) is 79.3 Å². The maximum atomic E-state index is 9.52. The van der Waals surface area contributed by atoms with E-state index >= 15 is 0 Å². The molecule has 0 bridgehead atoms. The number of methoxy groups -OCH3 is 1. The van der Waals surface area contributed by atoms with E-state index in [9.17, 15) is 5.11 Å². The Bertz CT molecular complexity index is 406. The van der Waals surface area contributed by atoms with E-state index in [2.05, 4.69) is 20.6 Å². The summed E-state index contributed by atoms with van der Waals surface area (Å²) in [5.41, 5.74) is 0. The average Bonchev–Trinajstić information content (AvgIpc) is 2.42. The molecular weight excluding hydrogens is 244 g/mol. The molecule has 1 fully saturated rings. The predicted octanol–water partition coefficient (Wildman–Crippen LogP) is 1.63. The van der Waals surface area contributed by atoms with Crippen LogP contribution in [0.15, 0.2) is 6.33 Å². The monoisotopic (exact) mass is 266 g/mol. The van der Waals surface area contributed by atoms with E-state index in [0.29, 0.717) is 17.6 Å². The molecule has 0 aliphatic heterocycles. The van der Waals surface area contributed by atoms with E-state index in [1.807, 2.05) is 6.92 Å². The lowest BCUT2D eigenvalue weighted by Crippen LogP contribution is -2.28. The summed E-state index contributed by atoms with van der Waals surface area (Å²) in [6.45, 7) is 2.79. The third-order valence-corrected chi connectivity index (χ3v) is 3.39. The van der Waals surface area contributed by atoms with E-state index in [1.54, 1.807) is 7.11 Å². The number of hydrogen-bond donors (Lipinski definition) is 3. The lowest BCUT2D eigenvalue weighted by molar-refractivity contribution is 0.126. The van der Waals surface area contributed by atoms with Gasteiger partial charge in [0.05, 0.1) is 13.2 Å². The number of aromatic nitrogens is 2. The van der Waals surface area contributed by atoms with Crippen molar-refractivity contribution >= 4 is 11.6 Å².